The van der Waals surface area contributed by atoms with Crippen molar-refractivity contribution in [3.8, 4) is 0 Å². The van der Waals surface area contributed by atoms with Gasteiger partial charge in [-0.25, -0.2) is 4.79 Å². The zero-order valence-corrected chi connectivity index (χ0v) is 9.54. The zero-order chi connectivity index (χ0) is 11.3. The number of carbonyl (C=O) groups excluding carboxylic acids is 1. The molecule has 0 unspecified atom stereocenters. The van der Waals surface area contributed by atoms with Crippen LogP contribution in [0.15, 0.2) is 29.8 Å². The molecule has 0 aromatic heterocycles. The number of hydrogen-bond acceptors (Lipinski definition) is 2. The van der Waals surface area contributed by atoms with Crippen molar-refractivity contribution in [1.82, 2.24) is 0 Å². The molecule has 2 nitrogen and oxygen atoms in total. The Hall–Kier alpha value is -1.28. The second kappa shape index (κ2) is 5.56. The minimum atomic E-state index is -0.320. The molecule has 0 aliphatic heterocycles. The minimum absolute atomic E-state index is 0.320. The Balaban J connectivity index is 2.86. The lowest BCUT2D eigenvalue weighted by Crippen LogP contribution is -2.00. The van der Waals surface area contributed by atoms with Gasteiger partial charge in [-0.15, -0.1) is 11.6 Å². The Kier molecular flexibility index (Phi) is 4.37. The molecule has 0 aliphatic carbocycles. The van der Waals surface area contributed by atoms with Crippen LogP contribution in [0.1, 0.15) is 22.8 Å². The van der Waals surface area contributed by atoms with Crippen LogP contribution in [0.4, 0.5) is 0 Å². The van der Waals surface area contributed by atoms with E-state index in [2.05, 4.69) is 4.74 Å². The number of allylic oxidation sites excluding steroid dienone is 1. The van der Waals surface area contributed by atoms with E-state index in [0.717, 1.165) is 11.1 Å². The van der Waals surface area contributed by atoms with Crippen LogP contribution < -0.4 is 0 Å². The van der Waals surface area contributed by atoms with Crippen LogP contribution in [0.2, 0.25) is 0 Å². The predicted octanol–water partition coefficient (Wildman–Crippen LogP) is 3.12. The fraction of sp³-hybridized carbons (Fsp3) is 0.250. The molecule has 1 rings (SSSR count). The van der Waals surface area contributed by atoms with Crippen LogP contribution in [0, 0.1) is 0 Å². The second-order valence-corrected chi connectivity index (χ2v) is 3.51. The van der Waals surface area contributed by atoms with E-state index in [9.17, 15) is 4.79 Å². The smallest absolute Gasteiger partial charge is 0.337 e. The number of halogens is 1. The quantitative estimate of drug-likeness (QED) is 0.583. The zero-order valence-electron chi connectivity index (χ0n) is 8.79. The molecule has 0 fully saturated rings. The maximum absolute atomic E-state index is 11.1. The van der Waals surface area contributed by atoms with Crippen molar-refractivity contribution in [2.24, 2.45) is 0 Å². The second-order valence-electron chi connectivity index (χ2n) is 3.24. The lowest BCUT2D eigenvalue weighted by molar-refractivity contribution is 0.0601. The van der Waals surface area contributed by atoms with Gasteiger partial charge < -0.3 is 4.74 Å². The minimum Gasteiger partial charge on any atom is -0.465 e. The Morgan fingerprint density at radius 1 is 1.40 bits per heavy atom. The molecule has 0 saturated heterocycles. The largest absolute Gasteiger partial charge is 0.465 e. The molecule has 3 heteroatoms. The van der Waals surface area contributed by atoms with E-state index in [4.69, 9.17) is 11.6 Å². The molecule has 0 atom stereocenters. The number of ether oxygens (including phenoxy) is 1. The maximum atomic E-state index is 11.1. The fourth-order valence-corrected chi connectivity index (χ4v) is 1.23. The summed E-state index contributed by atoms with van der Waals surface area (Å²) in [5.74, 6) is 0.193. The number of benzene rings is 1. The number of methoxy groups -OCH3 is 1. The summed E-state index contributed by atoms with van der Waals surface area (Å²) >= 11 is 5.66. The van der Waals surface area contributed by atoms with E-state index in [-0.39, 0.29) is 5.97 Å². The molecule has 1 aromatic rings. The number of carbonyl (C=O) groups is 1. The first-order valence-corrected chi connectivity index (χ1v) is 5.12. The van der Waals surface area contributed by atoms with E-state index in [1.807, 2.05) is 25.1 Å². The number of alkyl halides is 1. The van der Waals surface area contributed by atoms with Crippen molar-refractivity contribution < 1.29 is 9.53 Å². The molecule has 0 bridgehead atoms. The highest BCUT2D eigenvalue weighted by Gasteiger charge is 2.03. The van der Waals surface area contributed by atoms with Gasteiger partial charge in [0.25, 0.3) is 0 Å². The van der Waals surface area contributed by atoms with E-state index in [1.165, 1.54) is 7.11 Å². The summed E-state index contributed by atoms with van der Waals surface area (Å²) in [6.45, 7) is 1.96. The SMILES string of the molecule is COC(=O)c1ccc(C=C(C)CCl)cc1. The van der Waals surface area contributed by atoms with Gasteiger partial charge in [0.1, 0.15) is 0 Å². The average molecular weight is 225 g/mol. The topological polar surface area (TPSA) is 26.3 Å². The highest BCUT2D eigenvalue weighted by Crippen LogP contribution is 2.10. The van der Waals surface area contributed by atoms with Crippen LogP contribution in [0.3, 0.4) is 0 Å². The lowest BCUT2D eigenvalue weighted by Gasteiger charge is -2.00. The van der Waals surface area contributed by atoms with Gasteiger partial charge in [0.05, 0.1) is 12.7 Å². The van der Waals surface area contributed by atoms with Crippen molar-refractivity contribution in [2.75, 3.05) is 13.0 Å². The summed E-state index contributed by atoms with van der Waals surface area (Å²) in [6, 6.07) is 7.20. The molecular weight excluding hydrogens is 212 g/mol. The molecule has 15 heavy (non-hydrogen) atoms. The van der Waals surface area contributed by atoms with Crippen LogP contribution in [-0.2, 0) is 4.74 Å². The van der Waals surface area contributed by atoms with E-state index >= 15 is 0 Å². The highest BCUT2D eigenvalue weighted by atomic mass is 35.5. The molecule has 0 amide bonds. The van der Waals surface area contributed by atoms with Crippen molar-refractivity contribution in [3.05, 3.63) is 41.0 Å². The molecule has 0 heterocycles. The van der Waals surface area contributed by atoms with Crippen LogP contribution >= 0.6 is 11.6 Å². The standard InChI is InChI=1S/C12H13ClO2/c1-9(8-13)7-10-3-5-11(6-4-10)12(14)15-2/h3-7H,8H2,1-2H3. The molecule has 0 saturated carbocycles. The van der Waals surface area contributed by atoms with E-state index < -0.39 is 0 Å². The van der Waals surface area contributed by atoms with Crippen molar-refractivity contribution in [2.45, 2.75) is 6.92 Å². The van der Waals surface area contributed by atoms with Gasteiger partial charge in [-0.05, 0) is 24.6 Å². The summed E-state index contributed by atoms with van der Waals surface area (Å²) in [5, 5.41) is 0. The number of rotatable bonds is 3. The Labute approximate surface area is 94.5 Å². The highest BCUT2D eigenvalue weighted by molar-refractivity contribution is 6.19. The van der Waals surface area contributed by atoms with E-state index in [1.54, 1.807) is 12.1 Å². The number of esters is 1. The average Bonchev–Trinajstić information content (AvgIpc) is 2.29. The first-order chi connectivity index (χ1) is 7.17. The van der Waals surface area contributed by atoms with Crippen molar-refractivity contribution in [3.63, 3.8) is 0 Å². The Morgan fingerprint density at radius 3 is 2.47 bits per heavy atom. The predicted molar refractivity (Wildman–Crippen MR) is 62.2 cm³/mol. The van der Waals surface area contributed by atoms with Crippen molar-refractivity contribution in [1.29, 1.82) is 0 Å². The summed E-state index contributed by atoms with van der Waals surface area (Å²) in [6.07, 6.45) is 1.98. The normalized spacial score (nSPS) is 11.3. The first-order valence-electron chi connectivity index (χ1n) is 4.59. The van der Waals surface area contributed by atoms with Crippen LogP contribution in [0.25, 0.3) is 6.08 Å². The summed E-state index contributed by atoms with van der Waals surface area (Å²) < 4.78 is 4.60. The van der Waals surface area contributed by atoms with Gasteiger partial charge in [-0.2, -0.15) is 0 Å². The Bertz CT molecular complexity index is 366. The van der Waals surface area contributed by atoms with Crippen molar-refractivity contribution >= 4 is 23.6 Å². The third-order valence-corrected chi connectivity index (χ3v) is 2.38. The molecule has 0 spiro atoms. The summed E-state index contributed by atoms with van der Waals surface area (Å²) in [4.78, 5) is 11.1. The van der Waals surface area contributed by atoms with Gasteiger partial charge in [0.15, 0.2) is 0 Å². The van der Waals surface area contributed by atoms with Gasteiger partial charge in [-0.3, -0.25) is 0 Å². The number of hydrogen-bond donors (Lipinski definition) is 0. The van der Waals surface area contributed by atoms with Gasteiger partial charge in [0.2, 0.25) is 0 Å². The third kappa shape index (κ3) is 3.40. The maximum Gasteiger partial charge on any atom is 0.337 e. The molecule has 0 radical (unpaired) electrons. The van der Waals surface area contributed by atoms with Gasteiger partial charge in [-0.1, -0.05) is 23.8 Å². The third-order valence-electron chi connectivity index (χ3n) is 1.96. The molecule has 80 valence electrons. The first kappa shape index (κ1) is 11.8. The van der Waals surface area contributed by atoms with Gasteiger partial charge in [0, 0.05) is 5.88 Å². The Morgan fingerprint density at radius 2 is 2.00 bits per heavy atom. The summed E-state index contributed by atoms with van der Waals surface area (Å²) in [5.41, 5.74) is 2.67. The van der Waals surface area contributed by atoms with Crippen LogP contribution in [-0.4, -0.2) is 19.0 Å². The monoisotopic (exact) mass is 224 g/mol. The van der Waals surface area contributed by atoms with Gasteiger partial charge >= 0.3 is 5.97 Å². The molecule has 0 N–H and O–H groups in total. The lowest BCUT2D eigenvalue weighted by atomic mass is 10.1. The molecular formula is C12H13ClO2. The van der Waals surface area contributed by atoms with E-state index in [0.29, 0.717) is 11.4 Å². The fourth-order valence-electron chi connectivity index (χ4n) is 1.16. The summed E-state index contributed by atoms with van der Waals surface area (Å²) in [7, 11) is 1.37. The van der Waals surface area contributed by atoms with Crippen LogP contribution in [0.5, 0.6) is 0 Å². The molecule has 0 aliphatic rings. The molecule has 1 aromatic carbocycles.